The molecule has 0 bridgehead atoms. The maximum Gasteiger partial charge on any atom is 0.249 e. The summed E-state index contributed by atoms with van der Waals surface area (Å²) in [5.41, 5.74) is 4.44. The van der Waals surface area contributed by atoms with Crippen molar-refractivity contribution in [3.8, 4) is 22.6 Å². The highest BCUT2D eigenvalue weighted by atomic mass is 16.1. The second-order valence-electron chi connectivity index (χ2n) is 5.97. The van der Waals surface area contributed by atoms with Gasteiger partial charge in [0.05, 0.1) is 5.69 Å². The van der Waals surface area contributed by atoms with Gasteiger partial charge in [0.25, 0.3) is 0 Å². The van der Waals surface area contributed by atoms with E-state index in [0.717, 1.165) is 33.4 Å². The molecule has 0 aliphatic carbocycles. The number of benzene rings is 1. The number of aromatic amines is 2. The van der Waals surface area contributed by atoms with Crippen molar-refractivity contribution in [3.63, 3.8) is 0 Å². The fourth-order valence-corrected chi connectivity index (χ4v) is 3.05. The summed E-state index contributed by atoms with van der Waals surface area (Å²) in [6, 6.07) is 18.9. The van der Waals surface area contributed by atoms with Crippen LogP contribution in [0.15, 0.2) is 71.7 Å². The van der Waals surface area contributed by atoms with Crippen LogP contribution in [0.25, 0.3) is 44.8 Å². The summed E-state index contributed by atoms with van der Waals surface area (Å²) in [6.07, 6.45) is 1.73. The summed E-state index contributed by atoms with van der Waals surface area (Å²) in [5, 5.41) is 0.840. The summed E-state index contributed by atoms with van der Waals surface area (Å²) in [5.74, 6) is 0.693. The smallest absolute Gasteiger partial charge is 0.249 e. The quantitative estimate of drug-likeness (QED) is 0.515. The van der Waals surface area contributed by atoms with E-state index in [1.807, 2.05) is 48.5 Å². The van der Waals surface area contributed by atoms with Crippen molar-refractivity contribution in [3.05, 3.63) is 77.2 Å². The molecule has 4 aromatic heterocycles. The van der Waals surface area contributed by atoms with Crippen LogP contribution in [-0.4, -0.2) is 24.9 Å². The first-order valence-corrected chi connectivity index (χ1v) is 8.18. The molecular weight excluding hydrogens is 326 g/mol. The highest BCUT2D eigenvalue weighted by Crippen LogP contribution is 2.31. The molecule has 0 fully saturated rings. The van der Waals surface area contributed by atoms with E-state index in [0.29, 0.717) is 11.5 Å². The van der Waals surface area contributed by atoms with Crippen LogP contribution in [0.2, 0.25) is 0 Å². The van der Waals surface area contributed by atoms with Gasteiger partial charge in [0, 0.05) is 28.8 Å². The second-order valence-corrected chi connectivity index (χ2v) is 5.97. The molecule has 6 nitrogen and oxygen atoms in total. The predicted molar refractivity (Wildman–Crippen MR) is 101 cm³/mol. The Morgan fingerprint density at radius 2 is 1.69 bits per heavy atom. The van der Waals surface area contributed by atoms with E-state index in [1.54, 1.807) is 12.3 Å². The molecule has 26 heavy (non-hydrogen) atoms. The number of aromatic nitrogens is 5. The average molecular weight is 339 g/mol. The van der Waals surface area contributed by atoms with Gasteiger partial charge in [0.2, 0.25) is 5.56 Å². The lowest BCUT2D eigenvalue weighted by Gasteiger charge is -2.09. The van der Waals surface area contributed by atoms with Crippen molar-refractivity contribution >= 4 is 22.2 Å². The number of imidazole rings is 1. The molecule has 6 heteroatoms. The Kier molecular flexibility index (Phi) is 3.15. The molecule has 124 valence electrons. The number of nitrogens with one attached hydrogen (secondary N) is 2. The van der Waals surface area contributed by atoms with Gasteiger partial charge in [-0.15, -0.1) is 0 Å². The van der Waals surface area contributed by atoms with Crippen LogP contribution in [0.5, 0.6) is 0 Å². The van der Waals surface area contributed by atoms with Gasteiger partial charge in [-0.05, 0) is 24.3 Å². The topological polar surface area (TPSA) is 87.3 Å². The first-order chi connectivity index (χ1) is 12.8. The minimum absolute atomic E-state index is 0.176. The van der Waals surface area contributed by atoms with Gasteiger partial charge >= 0.3 is 0 Å². The fourth-order valence-electron chi connectivity index (χ4n) is 3.05. The molecule has 0 atom stereocenters. The van der Waals surface area contributed by atoms with Crippen LogP contribution in [0.1, 0.15) is 0 Å². The third kappa shape index (κ3) is 2.36. The molecule has 0 radical (unpaired) electrons. The lowest BCUT2D eigenvalue weighted by Crippen LogP contribution is -2.04. The number of rotatable bonds is 2. The highest BCUT2D eigenvalue weighted by molar-refractivity contribution is 5.90. The van der Waals surface area contributed by atoms with E-state index in [2.05, 4.69) is 19.9 Å². The lowest BCUT2D eigenvalue weighted by molar-refractivity contribution is 1.22. The van der Waals surface area contributed by atoms with Crippen molar-refractivity contribution in [2.24, 2.45) is 0 Å². The van der Waals surface area contributed by atoms with E-state index in [-0.39, 0.29) is 5.56 Å². The summed E-state index contributed by atoms with van der Waals surface area (Å²) >= 11 is 0. The van der Waals surface area contributed by atoms with Crippen LogP contribution in [0.4, 0.5) is 0 Å². The zero-order valence-electron chi connectivity index (χ0n) is 13.6. The molecule has 0 saturated heterocycles. The standard InChI is InChI=1S/C20H13N5O/c26-16-9-8-13-11-14(19-22-15-7-4-10-21-20(15)25-19)17(24-18(13)23-16)12-5-2-1-3-6-12/h1-11H,(H,21,22,25)(H,23,24,26). The van der Waals surface area contributed by atoms with Gasteiger partial charge in [-0.25, -0.2) is 15.0 Å². The fraction of sp³-hybridized carbons (Fsp3) is 0. The molecule has 0 amide bonds. The van der Waals surface area contributed by atoms with Gasteiger partial charge in [-0.2, -0.15) is 0 Å². The summed E-state index contributed by atoms with van der Waals surface area (Å²) < 4.78 is 0. The maximum atomic E-state index is 11.7. The first-order valence-electron chi connectivity index (χ1n) is 8.18. The average Bonchev–Trinajstić information content (AvgIpc) is 3.11. The number of nitrogens with zero attached hydrogens (tertiary/aromatic N) is 3. The molecule has 0 unspecified atom stereocenters. The molecule has 0 aliphatic rings. The molecule has 1 aromatic carbocycles. The monoisotopic (exact) mass is 339 g/mol. The normalized spacial score (nSPS) is 11.2. The Labute approximate surface area is 147 Å². The molecule has 0 aliphatic heterocycles. The second kappa shape index (κ2) is 5.63. The van der Waals surface area contributed by atoms with Gasteiger partial charge in [0.15, 0.2) is 5.65 Å². The molecule has 2 N–H and O–H groups in total. The number of hydrogen-bond donors (Lipinski definition) is 2. The summed E-state index contributed by atoms with van der Waals surface area (Å²) in [7, 11) is 0. The van der Waals surface area contributed by atoms with Crippen molar-refractivity contribution in [1.82, 2.24) is 24.9 Å². The maximum absolute atomic E-state index is 11.7. The third-order valence-corrected chi connectivity index (χ3v) is 4.27. The van der Waals surface area contributed by atoms with E-state index in [4.69, 9.17) is 4.98 Å². The van der Waals surface area contributed by atoms with Crippen LogP contribution in [-0.2, 0) is 0 Å². The van der Waals surface area contributed by atoms with Gasteiger partial charge in [0.1, 0.15) is 17.0 Å². The van der Waals surface area contributed by atoms with E-state index in [1.165, 1.54) is 6.07 Å². The minimum Gasteiger partial charge on any atom is -0.323 e. The van der Waals surface area contributed by atoms with Crippen LogP contribution in [0.3, 0.4) is 0 Å². The van der Waals surface area contributed by atoms with Crippen LogP contribution in [0, 0.1) is 0 Å². The van der Waals surface area contributed by atoms with E-state index < -0.39 is 0 Å². The zero-order valence-corrected chi connectivity index (χ0v) is 13.6. The number of pyridine rings is 3. The van der Waals surface area contributed by atoms with Crippen molar-refractivity contribution in [2.45, 2.75) is 0 Å². The van der Waals surface area contributed by atoms with E-state index >= 15 is 0 Å². The van der Waals surface area contributed by atoms with Crippen molar-refractivity contribution in [1.29, 1.82) is 0 Å². The Bertz CT molecular complexity index is 1270. The van der Waals surface area contributed by atoms with Gasteiger partial charge < -0.3 is 9.97 Å². The Hall–Kier alpha value is -3.80. The Morgan fingerprint density at radius 1 is 0.808 bits per heavy atom. The van der Waals surface area contributed by atoms with Crippen LogP contribution >= 0.6 is 0 Å². The largest absolute Gasteiger partial charge is 0.323 e. The molecule has 5 rings (SSSR count). The molecule has 0 saturated carbocycles. The Morgan fingerprint density at radius 3 is 2.54 bits per heavy atom. The molecule has 5 aromatic rings. The Balaban J connectivity index is 1.84. The van der Waals surface area contributed by atoms with Crippen LogP contribution < -0.4 is 5.56 Å². The van der Waals surface area contributed by atoms with E-state index in [9.17, 15) is 4.79 Å². The SMILES string of the molecule is O=c1ccc2cc(-c3nc4cccnc4[nH]3)c(-c3ccccc3)nc2[nH]1. The molecule has 0 spiro atoms. The number of fused-ring (bicyclic) bond motifs is 2. The van der Waals surface area contributed by atoms with Gasteiger partial charge in [-0.3, -0.25) is 4.79 Å². The third-order valence-electron chi connectivity index (χ3n) is 4.27. The summed E-state index contributed by atoms with van der Waals surface area (Å²) in [4.78, 5) is 31.4. The number of H-pyrrole nitrogens is 2. The van der Waals surface area contributed by atoms with Crippen molar-refractivity contribution in [2.75, 3.05) is 0 Å². The molecular formula is C20H13N5O. The highest BCUT2D eigenvalue weighted by Gasteiger charge is 2.15. The van der Waals surface area contributed by atoms with Gasteiger partial charge in [-0.1, -0.05) is 30.3 Å². The lowest BCUT2D eigenvalue weighted by atomic mass is 10.0. The minimum atomic E-state index is -0.176. The summed E-state index contributed by atoms with van der Waals surface area (Å²) in [6.45, 7) is 0. The predicted octanol–water partition coefficient (Wildman–Crippen LogP) is 3.53. The van der Waals surface area contributed by atoms with Crippen molar-refractivity contribution < 1.29 is 0 Å². The zero-order chi connectivity index (χ0) is 17.5. The first kappa shape index (κ1) is 14.5. The molecule has 4 heterocycles. The number of hydrogen-bond acceptors (Lipinski definition) is 4.